The maximum atomic E-state index is 7.36. The monoisotopic (exact) mass is 376 g/mol. The lowest BCUT2D eigenvalue weighted by atomic mass is 10.2. The Labute approximate surface area is 160 Å². The van der Waals surface area contributed by atoms with Gasteiger partial charge in [0, 0.05) is 31.1 Å². The quantitative estimate of drug-likeness (QED) is 0.176. The Kier molecular flexibility index (Phi) is 10.1. The van der Waals surface area contributed by atoms with Gasteiger partial charge in [0.25, 0.3) is 0 Å². The summed E-state index contributed by atoms with van der Waals surface area (Å²) in [6.07, 6.45) is 3.65. The highest BCUT2D eigenvalue weighted by atomic mass is 16.5. The van der Waals surface area contributed by atoms with E-state index in [4.69, 9.17) is 33.1 Å². The largest absolute Gasteiger partial charge is 0.494 e. The average Bonchev–Trinajstić information content (AvgIpc) is 2.61. The van der Waals surface area contributed by atoms with Crippen molar-refractivity contribution in [2.24, 2.45) is 32.9 Å². The van der Waals surface area contributed by atoms with E-state index in [9.17, 15) is 0 Å². The number of aliphatic imine (C=N–C) groups is 2. The van der Waals surface area contributed by atoms with Gasteiger partial charge < -0.3 is 33.0 Å². The van der Waals surface area contributed by atoms with Gasteiger partial charge in [-0.1, -0.05) is 0 Å². The van der Waals surface area contributed by atoms with E-state index < -0.39 is 0 Å². The van der Waals surface area contributed by atoms with Crippen LogP contribution in [0.2, 0.25) is 0 Å². The second kappa shape index (κ2) is 12.4. The number of benzene rings is 1. The van der Waals surface area contributed by atoms with Crippen LogP contribution in [0.1, 0.15) is 38.2 Å². The number of hydrogen-bond donors (Lipinski definition) is 6. The fourth-order valence-corrected chi connectivity index (χ4v) is 2.26. The van der Waals surface area contributed by atoms with Crippen molar-refractivity contribution in [2.45, 2.75) is 38.6 Å². The molecule has 0 aromatic heterocycles. The summed E-state index contributed by atoms with van der Waals surface area (Å²) < 4.78 is 5.69. The normalized spacial score (nSPS) is 12.3. The first-order valence-electron chi connectivity index (χ1n) is 9.07. The minimum atomic E-state index is 0.0443. The van der Waals surface area contributed by atoms with Crippen molar-refractivity contribution >= 4 is 17.8 Å². The topological polar surface area (TPSA) is 174 Å². The molecule has 0 aliphatic rings. The molecule has 0 aliphatic carbocycles. The van der Waals surface area contributed by atoms with Gasteiger partial charge in [0.1, 0.15) is 11.6 Å². The van der Waals surface area contributed by atoms with Gasteiger partial charge in [0.15, 0.2) is 11.9 Å². The Morgan fingerprint density at radius 2 is 1.67 bits per heavy atom. The second-order valence-electron chi connectivity index (χ2n) is 6.25. The van der Waals surface area contributed by atoms with Crippen LogP contribution in [-0.2, 0) is 0 Å². The van der Waals surface area contributed by atoms with E-state index in [1.807, 2.05) is 6.92 Å². The molecule has 0 spiro atoms. The summed E-state index contributed by atoms with van der Waals surface area (Å²) in [5.41, 5.74) is 22.5. The van der Waals surface area contributed by atoms with Crippen molar-refractivity contribution in [2.75, 3.05) is 19.7 Å². The van der Waals surface area contributed by atoms with Crippen LogP contribution in [0.15, 0.2) is 34.3 Å². The third kappa shape index (κ3) is 10.6. The van der Waals surface area contributed by atoms with Gasteiger partial charge in [-0.3, -0.25) is 15.4 Å². The van der Waals surface area contributed by atoms with E-state index in [1.54, 1.807) is 24.3 Å². The van der Waals surface area contributed by atoms with Crippen LogP contribution < -0.4 is 33.0 Å². The van der Waals surface area contributed by atoms with E-state index in [2.05, 4.69) is 15.3 Å². The van der Waals surface area contributed by atoms with Gasteiger partial charge in [-0.2, -0.15) is 0 Å². The number of rotatable bonds is 12. The van der Waals surface area contributed by atoms with Crippen LogP contribution in [0.3, 0.4) is 0 Å². The number of ether oxygens (including phenoxy) is 1. The first kappa shape index (κ1) is 22.1. The molecule has 1 aromatic carbocycles. The first-order chi connectivity index (χ1) is 12.9. The number of nitrogens with zero attached hydrogens (tertiary/aromatic N) is 2. The van der Waals surface area contributed by atoms with Gasteiger partial charge in [0.2, 0.25) is 0 Å². The summed E-state index contributed by atoms with van der Waals surface area (Å²) in [6.45, 7) is 3.89. The van der Waals surface area contributed by atoms with Gasteiger partial charge in [-0.15, -0.1) is 0 Å². The second-order valence-corrected chi connectivity index (χ2v) is 6.25. The number of nitrogens with one attached hydrogen (secondary N) is 2. The molecule has 9 nitrogen and oxygen atoms in total. The van der Waals surface area contributed by atoms with Gasteiger partial charge >= 0.3 is 0 Å². The summed E-state index contributed by atoms with van der Waals surface area (Å²) >= 11 is 0. The van der Waals surface area contributed by atoms with Crippen LogP contribution in [0.5, 0.6) is 5.75 Å². The van der Waals surface area contributed by atoms with Gasteiger partial charge in [-0.25, -0.2) is 0 Å². The smallest absolute Gasteiger partial charge is 0.188 e. The highest BCUT2D eigenvalue weighted by Gasteiger charge is 2.04. The molecule has 0 heterocycles. The van der Waals surface area contributed by atoms with E-state index in [-0.39, 0.29) is 17.8 Å². The lowest BCUT2D eigenvalue weighted by Gasteiger charge is -2.15. The molecule has 0 fully saturated rings. The summed E-state index contributed by atoms with van der Waals surface area (Å²) in [5, 5.41) is 10.5. The molecule has 1 rings (SSSR count). The van der Waals surface area contributed by atoms with Crippen molar-refractivity contribution in [3.05, 3.63) is 29.8 Å². The molecule has 1 unspecified atom stereocenters. The van der Waals surface area contributed by atoms with Crippen LogP contribution >= 0.6 is 0 Å². The number of nitrogen functional groups attached to an aromatic ring is 1. The third-order valence-electron chi connectivity index (χ3n) is 3.77. The van der Waals surface area contributed by atoms with E-state index in [1.165, 1.54) is 0 Å². The van der Waals surface area contributed by atoms with Crippen LogP contribution in [-0.4, -0.2) is 43.5 Å². The van der Waals surface area contributed by atoms with Gasteiger partial charge in [-0.05, 0) is 50.5 Å². The number of amidine groups is 1. The van der Waals surface area contributed by atoms with Gasteiger partial charge in [0.05, 0.1) is 6.61 Å². The van der Waals surface area contributed by atoms with E-state index in [0.29, 0.717) is 31.2 Å². The van der Waals surface area contributed by atoms with Crippen molar-refractivity contribution in [1.82, 2.24) is 5.32 Å². The highest BCUT2D eigenvalue weighted by Crippen LogP contribution is 2.12. The molecule has 9 heteroatoms. The maximum Gasteiger partial charge on any atom is 0.188 e. The minimum absolute atomic E-state index is 0.0443. The fraction of sp³-hybridized carbons (Fsp3) is 0.500. The number of unbranched alkanes of at least 4 members (excludes halogenated alkanes) is 2. The molecule has 0 saturated carbocycles. The molecule has 10 N–H and O–H groups in total. The predicted octanol–water partition coefficient (Wildman–Crippen LogP) is 0.476. The summed E-state index contributed by atoms with van der Waals surface area (Å²) in [4.78, 5) is 8.25. The first-order valence-corrected chi connectivity index (χ1v) is 9.07. The molecule has 27 heavy (non-hydrogen) atoms. The summed E-state index contributed by atoms with van der Waals surface area (Å²) in [6, 6.07) is 7.28. The zero-order valence-corrected chi connectivity index (χ0v) is 15.9. The lowest BCUT2D eigenvalue weighted by molar-refractivity contribution is 0.296. The Balaban J connectivity index is 2.16. The Morgan fingerprint density at radius 1 is 1.04 bits per heavy atom. The number of hydrogen-bond acceptors (Lipinski definition) is 4. The molecule has 0 saturated heterocycles. The molecule has 1 atom stereocenters. The molecule has 150 valence electrons. The molecular formula is C18H32N8O. The van der Waals surface area contributed by atoms with Crippen molar-refractivity contribution in [3.63, 3.8) is 0 Å². The maximum absolute atomic E-state index is 7.36. The lowest BCUT2D eigenvalue weighted by Crippen LogP contribution is -2.39. The van der Waals surface area contributed by atoms with Crippen molar-refractivity contribution in [3.8, 4) is 5.75 Å². The van der Waals surface area contributed by atoms with E-state index >= 15 is 0 Å². The highest BCUT2D eigenvalue weighted by molar-refractivity contribution is 5.94. The third-order valence-corrected chi connectivity index (χ3v) is 3.77. The SMILES string of the molecule is CC(CCOc1ccc(C(=N)N)cc1)NC(N)=NCCCCCN=C(N)N. The summed E-state index contributed by atoms with van der Waals surface area (Å²) in [7, 11) is 0. The molecule has 0 amide bonds. The van der Waals surface area contributed by atoms with E-state index in [0.717, 1.165) is 31.4 Å². The fourth-order valence-electron chi connectivity index (χ4n) is 2.26. The van der Waals surface area contributed by atoms with Crippen LogP contribution in [0.4, 0.5) is 0 Å². The zero-order chi connectivity index (χ0) is 20.1. The molecular weight excluding hydrogens is 344 g/mol. The van der Waals surface area contributed by atoms with Crippen molar-refractivity contribution < 1.29 is 4.74 Å². The van der Waals surface area contributed by atoms with Crippen molar-refractivity contribution in [1.29, 1.82) is 5.41 Å². The Bertz CT molecular complexity index is 623. The predicted molar refractivity (Wildman–Crippen MR) is 111 cm³/mol. The number of nitrogens with two attached hydrogens (primary N) is 4. The molecule has 1 aromatic rings. The van der Waals surface area contributed by atoms with Crippen LogP contribution in [0.25, 0.3) is 0 Å². The Hall–Kier alpha value is -2.97. The molecule has 0 aliphatic heterocycles. The number of guanidine groups is 2. The molecule has 0 bridgehead atoms. The summed E-state index contributed by atoms with van der Waals surface area (Å²) in [5.74, 6) is 1.36. The minimum Gasteiger partial charge on any atom is -0.494 e. The average molecular weight is 377 g/mol. The van der Waals surface area contributed by atoms with Crippen LogP contribution in [0, 0.1) is 5.41 Å². The Morgan fingerprint density at radius 3 is 2.26 bits per heavy atom. The standard InChI is InChI=1S/C18H32N8O/c1-13(9-12-27-15-7-5-14(6-8-15)16(19)20)26-18(23)25-11-4-2-3-10-24-17(21)22/h5-8,13H,2-4,9-12H2,1H3,(H3,19,20)(H4,21,22,24)(H3,23,25,26). The molecule has 0 radical (unpaired) electrons. The zero-order valence-electron chi connectivity index (χ0n) is 15.9.